The van der Waals surface area contributed by atoms with Gasteiger partial charge in [-0.05, 0) is 25.1 Å². The van der Waals surface area contributed by atoms with Crippen molar-refractivity contribution >= 4 is 34.8 Å². The number of nitrogens with one attached hydrogen (secondary N) is 2. The first-order chi connectivity index (χ1) is 10.6. The number of halogens is 2. The standard InChI is InChI=1S/C17H18Cl2N2O/c1-2-21(11-13-6-4-3-5-7-13)12-17(22)20-16-9-8-14(18)10-15(16)19/h3-10H,2,11-12H2,1H3,(H,20,22)/p+1. The third-order valence-corrected chi connectivity index (χ3v) is 3.96. The number of carbonyl (C=O) groups is 1. The van der Waals surface area contributed by atoms with Crippen LogP contribution in [0.25, 0.3) is 0 Å². The van der Waals surface area contributed by atoms with Crippen molar-refractivity contribution in [1.82, 2.24) is 0 Å². The van der Waals surface area contributed by atoms with Gasteiger partial charge in [-0.1, -0.05) is 53.5 Å². The van der Waals surface area contributed by atoms with Gasteiger partial charge in [0.15, 0.2) is 6.54 Å². The Labute approximate surface area is 140 Å². The van der Waals surface area contributed by atoms with Gasteiger partial charge in [0.25, 0.3) is 5.91 Å². The van der Waals surface area contributed by atoms with E-state index in [4.69, 9.17) is 23.2 Å². The highest BCUT2D eigenvalue weighted by atomic mass is 35.5. The average molecular weight is 338 g/mol. The molecule has 0 spiro atoms. The largest absolute Gasteiger partial charge is 0.324 e. The van der Waals surface area contributed by atoms with Gasteiger partial charge in [0.2, 0.25) is 0 Å². The van der Waals surface area contributed by atoms with Crippen LogP contribution in [-0.2, 0) is 11.3 Å². The van der Waals surface area contributed by atoms with Gasteiger partial charge < -0.3 is 10.2 Å². The van der Waals surface area contributed by atoms with Crippen LogP contribution in [0.2, 0.25) is 10.0 Å². The van der Waals surface area contributed by atoms with Gasteiger partial charge in [0.05, 0.1) is 17.3 Å². The third kappa shape index (κ3) is 5.02. The summed E-state index contributed by atoms with van der Waals surface area (Å²) in [4.78, 5) is 13.4. The van der Waals surface area contributed by atoms with Gasteiger partial charge in [-0.3, -0.25) is 4.79 Å². The highest BCUT2D eigenvalue weighted by Crippen LogP contribution is 2.25. The van der Waals surface area contributed by atoms with Crippen molar-refractivity contribution in [1.29, 1.82) is 0 Å². The topological polar surface area (TPSA) is 33.5 Å². The predicted molar refractivity (Wildman–Crippen MR) is 91.6 cm³/mol. The Balaban J connectivity index is 1.94. The molecule has 0 saturated carbocycles. The fourth-order valence-corrected chi connectivity index (χ4v) is 2.67. The first-order valence-corrected chi connectivity index (χ1v) is 7.96. The van der Waals surface area contributed by atoms with E-state index < -0.39 is 0 Å². The molecule has 0 heterocycles. The van der Waals surface area contributed by atoms with E-state index in [9.17, 15) is 4.79 Å². The van der Waals surface area contributed by atoms with Crippen LogP contribution in [-0.4, -0.2) is 19.0 Å². The number of likely N-dealkylation sites (N-methyl/N-ethyl adjacent to an activating group) is 1. The SMILES string of the molecule is CC[NH+](CC(=O)Nc1ccc(Cl)cc1Cl)Cc1ccccc1. The zero-order valence-corrected chi connectivity index (χ0v) is 13.9. The second-order valence-electron chi connectivity index (χ2n) is 5.12. The number of carbonyl (C=O) groups excluding carboxylic acids is 1. The molecule has 5 heteroatoms. The lowest BCUT2D eigenvalue weighted by molar-refractivity contribution is -0.903. The summed E-state index contributed by atoms with van der Waals surface area (Å²) in [7, 11) is 0. The summed E-state index contributed by atoms with van der Waals surface area (Å²) in [5, 5.41) is 3.83. The van der Waals surface area contributed by atoms with Crippen LogP contribution >= 0.6 is 23.2 Å². The third-order valence-electron chi connectivity index (χ3n) is 3.41. The molecule has 0 aliphatic heterocycles. The summed E-state index contributed by atoms with van der Waals surface area (Å²) >= 11 is 11.9. The van der Waals surface area contributed by atoms with E-state index in [0.717, 1.165) is 13.1 Å². The number of benzene rings is 2. The Bertz CT molecular complexity index is 632. The molecule has 1 unspecified atom stereocenters. The molecule has 0 saturated heterocycles. The fourth-order valence-electron chi connectivity index (χ4n) is 2.21. The number of quaternary nitrogens is 1. The Morgan fingerprint density at radius 1 is 1.14 bits per heavy atom. The average Bonchev–Trinajstić information content (AvgIpc) is 2.50. The van der Waals surface area contributed by atoms with Crippen LogP contribution in [0.3, 0.4) is 0 Å². The first kappa shape index (κ1) is 16.8. The van der Waals surface area contributed by atoms with Gasteiger partial charge in [0.1, 0.15) is 6.54 Å². The Kier molecular flexibility index (Phi) is 6.25. The molecule has 2 aromatic rings. The van der Waals surface area contributed by atoms with E-state index in [2.05, 4.69) is 24.4 Å². The van der Waals surface area contributed by atoms with E-state index in [1.54, 1.807) is 18.2 Å². The van der Waals surface area contributed by atoms with Gasteiger partial charge >= 0.3 is 0 Å². The molecular formula is C17H19Cl2N2O+. The predicted octanol–water partition coefficient (Wildman–Crippen LogP) is 3.04. The Hall–Kier alpha value is -1.55. The van der Waals surface area contributed by atoms with Crippen LogP contribution in [0.4, 0.5) is 5.69 Å². The molecule has 2 aromatic carbocycles. The highest BCUT2D eigenvalue weighted by Gasteiger charge is 2.14. The Morgan fingerprint density at radius 3 is 2.50 bits per heavy atom. The van der Waals surface area contributed by atoms with Crippen molar-refractivity contribution < 1.29 is 9.69 Å². The number of rotatable bonds is 6. The molecule has 22 heavy (non-hydrogen) atoms. The van der Waals surface area contributed by atoms with Crippen molar-refractivity contribution in [2.45, 2.75) is 13.5 Å². The summed E-state index contributed by atoms with van der Waals surface area (Å²) in [6.45, 7) is 4.15. The smallest absolute Gasteiger partial charge is 0.279 e. The van der Waals surface area contributed by atoms with Gasteiger partial charge in [-0.15, -0.1) is 0 Å². The zero-order chi connectivity index (χ0) is 15.9. The summed E-state index contributed by atoms with van der Waals surface area (Å²) < 4.78 is 0. The lowest BCUT2D eigenvalue weighted by Gasteiger charge is -2.17. The van der Waals surface area contributed by atoms with E-state index in [-0.39, 0.29) is 5.91 Å². The highest BCUT2D eigenvalue weighted by molar-refractivity contribution is 6.36. The van der Waals surface area contributed by atoms with E-state index in [1.165, 1.54) is 10.5 Å². The summed E-state index contributed by atoms with van der Waals surface area (Å²) in [5.74, 6) is -0.0583. The van der Waals surface area contributed by atoms with Crippen LogP contribution < -0.4 is 10.2 Å². The molecule has 0 fully saturated rings. The summed E-state index contributed by atoms with van der Waals surface area (Å²) in [5.41, 5.74) is 1.81. The number of anilines is 1. The summed E-state index contributed by atoms with van der Waals surface area (Å²) in [6, 6.07) is 15.2. The van der Waals surface area contributed by atoms with Gasteiger partial charge in [-0.2, -0.15) is 0 Å². The monoisotopic (exact) mass is 337 g/mol. The van der Waals surface area contributed by atoms with Crippen molar-refractivity contribution in [2.24, 2.45) is 0 Å². The lowest BCUT2D eigenvalue weighted by Crippen LogP contribution is -3.11. The quantitative estimate of drug-likeness (QED) is 0.834. The molecule has 0 aliphatic rings. The number of hydrogen-bond acceptors (Lipinski definition) is 1. The maximum Gasteiger partial charge on any atom is 0.279 e. The van der Waals surface area contributed by atoms with Gasteiger partial charge in [-0.25, -0.2) is 0 Å². The second-order valence-corrected chi connectivity index (χ2v) is 5.96. The Morgan fingerprint density at radius 2 is 1.86 bits per heavy atom. The molecule has 2 rings (SSSR count). The van der Waals surface area contributed by atoms with Crippen molar-refractivity contribution in [3.63, 3.8) is 0 Å². The molecule has 1 atom stereocenters. The molecule has 3 nitrogen and oxygen atoms in total. The summed E-state index contributed by atoms with van der Waals surface area (Å²) in [6.07, 6.45) is 0. The van der Waals surface area contributed by atoms with Crippen molar-refractivity contribution in [2.75, 3.05) is 18.4 Å². The minimum Gasteiger partial charge on any atom is -0.324 e. The maximum absolute atomic E-state index is 12.2. The van der Waals surface area contributed by atoms with Crippen molar-refractivity contribution in [3.05, 3.63) is 64.1 Å². The van der Waals surface area contributed by atoms with Crippen LogP contribution in [0.5, 0.6) is 0 Å². The van der Waals surface area contributed by atoms with Crippen LogP contribution in [0.1, 0.15) is 12.5 Å². The molecule has 0 aliphatic carbocycles. The van der Waals surface area contributed by atoms with Crippen LogP contribution in [0.15, 0.2) is 48.5 Å². The lowest BCUT2D eigenvalue weighted by atomic mass is 10.2. The van der Waals surface area contributed by atoms with Crippen molar-refractivity contribution in [3.8, 4) is 0 Å². The van der Waals surface area contributed by atoms with Crippen LogP contribution in [0, 0.1) is 0 Å². The second kappa shape index (κ2) is 8.18. The molecule has 0 radical (unpaired) electrons. The maximum atomic E-state index is 12.2. The van der Waals surface area contributed by atoms with E-state index in [1.807, 2.05) is 18.2 Å². The normalized spacial score (nSPS) is 12.0. The molecule has 116 valence electrons. The first-order valence-electron chi connectivity index (χ1n) is 7.21. The number of hydrogen-bond donors (Lipinski definition) is 2. The van der Waals surface area contributed by atoms with E-state index >= 15 is 0 Å². The fraction of sp³-hybridized carbons (Fsp3) is 0.235. The molecular weight excluding hydrogens is 319 g/mol. The van der Waals surface area contributed by atoms with E-state index in [0.29, 0.717) is 22.3 Å². The minimum absolute atomic E-state index is 0.0583. The molecule has 2 N–H and O–H groups in total. The molecule has 1 amide bonds. The number of amides is 1. The molecule has 0 bridgehead atoms. The van der Waals surface area contributed by atoms with Gasteiger partial charge in [0, 0.05) is 10.6 Å². The minimum atomic E-state index is -0.0583. The molecule has 0 aromatic heterocycles. The zero-order valence-electron chi connectivity index (χ0n) is 12.4.